The Hall–Kier alpha value is -1.77. The molecule has 0 fully saturated rings. The lowest BCUT2D eigenvalue weighted by Crippen LogP contribution is -1.95. The summed E-state index contributed by atoms with van der Waals surface area (Å²) in [5.74, 6) is 0.873. The molecule has 0 aliphatic carbocycles. The highest BCUT2D eigenvalue weighted by molar-refractivity contribution is 5.21. The Morgan fingerprint density at radius 3 is 2.71 bits per heavy atom. The lowest BCUT2D eigenvalue weighted by atomic mass is 10.3. The summed E-state index contributed by atoms with van der Waals surface area (Å²) < 4.78 is 7.44. The van der Waals surface area contributed by atoms with Crippen LogP contribution in [0.25, 0.3) is 0 Å². The minimum absolute atomic E-state index is 0.519. The number of hydrogen-bond acceptors (Lipinski definition) is 2. The Bertz CT molecular complexity index is 395. The van der Waals surface area contributed by atoms with E-state index >= 15 is 0 Å². The highest BCUT2D eigenvalue weighted by Crippen LogP contribution is 2.10. The van der Waals surface area contributed by atoms with Crippen LogP contribution < -0.4 is 4.74 Å². The van der Waals surface area contributed by atoms with E-state index < -0.39 is 0 Å². The van der Waals surface area contributed by atoms with Gasteiger partial charge in [-0.2, -0.15) is 0 Å². The molecule has 0 amide bonds. The summed E-state index contributed by atoms with van der Waals surface area (Å²) in [5, 5.41) is 0. The number of para-hydroxylation sites is 1. The van der Waals surface area contributed by atoms with Crippen molar-refractivity contribution in [2.75, 3.05) is 0 Å². The van der Waals surface area contributed by atoms with E-state index in [1.807, 2.05) is 48.1 Å². The molecule has 2 aromatic rings. The molecule has 14 heavy (non-hydrogen) atoms. The van der Waals surface area contributed by atoms with Crippen molar-refractivity contribution in [2.45, 2.75) is 6.61 Å². The molecule has 0 spiro atoms. The van der Waals surface area contributed by atoms with E-state index in [0.29, 0.717) is 6.61 Å². The van der Waals surface area contributed by atoms with Crippen LogP contribution in [0.2, 0.25) is 0 Å². The van der Waals surface area contributed by atoms with Gasteiger partial charge < -0.3 is 9.30 Å². The lowest BCUT2D eigenvalue weighted by Gasteiger charge is -2.02. The summed E-state index contributed by atoms with van der Waals surface area (Å²) in [6.45, 7) is 0.519. The Kier molecular flexibility index (Phi) is 2.49. The number of hydrogen-bond donors (Lipinski definition) is 0. The molecular weight excluding hydrogens is 176 g/mol. The van der Waals surface area contributed by atoms with Crippen LogP contribution in [0, 0.1) is 0 Å². The zero-order valence-corrected chi connectivity index (χ0v) is 8.05. The van der Waals surface area contributed by atoms with E-state index in [2.05, 4.69) is 4.98 Å². The molecule has 0 radical (unpaired) electrons. The standard InChI is InChI=1S/C11H12N2O/c1-13-7-10(12-9-13)8-14-11-5-3-2-4-6-11/h2-7,9H,8H2,1H3. The van der Waals surface area contributed by atoms with E-state index in [-0.39, 0.29) is 0 Å². The molecule has 0 atom stereocenters. The van der Waals surface area contributed by atoms with E-state index in [4.69, 9.17) is 4.74 Å². The molecule has 72 valence electrons. The fraction of sp³-hybridized carbons (Fsp3) is 0.182. The van der Waals surface area contributed by atoms with Crippen molar-refractivity contribution in [3.63, 3.8) is 0 Å². The molecule has 0 aliphatic rings. The largest absolute Gasteiger partial charge is 0.487 e. The van der Waals surface area contributed by atoms with Crippen molar-refractivity contribution in [1.29, 1.82) is 0 Å². The van der Waals surface area contributed by atoms with E-state index in [9.17, 15) is 0 Å². The third-order valence-corrected chi connectivity index (χ3v) is 1.89. The SMILES string of the molecule is Cn1cnc(COc2ccccc2)c1. The Morgan fingerprint density at radius 2 is 2.07 bits per heavy atom. The fourth-order valence-corrected chi connectivity index (χ4v) is 1.22. The summed E-state index contributed by atoms with van der Waals surface area (Å²) >= 11 is 0. The normalized spacial score (nSPS) is 10.1. The minimum Gasteiger partial charge on any atom is -0.487 e. The molecular formula is C11H12N2O. The number of aryl methyl sites for hydroxylation is 1. The first-order valence-corrected chi connectivity index (χ1v) is 4.49. The number of nitrogens with zero attached hydrogens (tertiary/aromatic N) is 2. The Labute approximate surface area is 83.0 Å². The predicted molar refractivity (Wildman–Crippen MR) is 54.0 cm³/mol. The first-order valence-electron chi connectivity index (χ1n) is 4.49. The predicted octanol–water partition coefficient (Wildman–Crippen LogP) is 2.00. The minimum atomic E-state index is 0.519. The van der Waals surface area contributed by atoms with Gasteiger partial charge in [0.2, 0.25) is 0 Å². The summed E-state index contributed by atoms with van der Waals surface area (Å²) in [4.78, 5) is 4.17. The fourth-order valence-electron chi connectivity index (χ4n) is 1.22. The van der Waals surface area contributed by atoms with Gasteiger partial charge in [-0.25, -0.2) is 4.98 Å². The number of rotatable bonds is 3. The van der Waals surface area contributed by atoms with E-state index in [1.54, 1.807) is 6.33 Å². The van der Waals surface area contributed by atoms with Gasteiger partial charge in [-0.1, -0.05) is 18.2 Å². The summed E-state index contributed by atoms with van der Waals surface area (Å²) in [7, 11) is 1.94. The topological polar surface area (TPSA) is 27.1 Å². The number of ether oxygens (including phenoxy) is 1. The Morgan fingerprint density at radius 1 is 1.29 bits per heavy atom. The summed E-state index contributed by atoms with van der Waals surface area (Å²) in [6, 6.07) is 9.74. The van der Waals surface area contributed by atoms with Crippen molar-refractivity contribution < 1.29 is 4.74 Å². The zero-order valence-electron chi connectivity index (χ0n) is 8.05. The molecule has 3 nitrogen and oxygen atoms in total. The van der Waals surface area contributed by atoms with Gasteiger partial charge >= 0.3 is 0 Å². The van der Waals surface area contributed by atoms with E-state index in [1.165, 1.54) is 0 Å². The third-order valence-electron chi connectivity index (χ3n) is 1.89. The molecule has 0 saturated heterocycles. The van der Waals surface area contributed by atoms with Crippen molar-refractivity contribution in [3.05, 3.63) is 48.5 Å². The number of imidazole rings is 1. The smallest absolute Gasteiger partial charge is 0.132 e. The number of benzene rings is 1. The molecule has 0 N–H and O–H groups in total. The third kappa shape index (κ3) is 2.13. The summed E-state index contributed by atoms with van der Waals surface area (Å²) in [5.41, 5.74) is 0.941. The van der Waals surface area contributed by atoms with Crippen LogP contribution in [0.4, 0.5) is 0 Å². The maximum atomic E-state index is 5.53. The van der Waals surface area contributed by atoms with Gasteiger partial charge in [0, 0.05) is 13.2 Å². The lowest BCUT2D eigenvalue weighted by molar-refractivity contribution is 0.302. The molecule has 2 rings (SSSR count). The maximum Gasteiger partial charge on any atom is 0.132 e. The molecule has 3 heteroatoms. The molecule has 1 aromatic heterocycles. The zero-order chi connectivity index (χ0) is 9.80. The first kappa shape index (κ1) is 8.81. The molecule has 1 aromatic carbocycles. The maximum absolute atomic E-state index is 5.53. The van der Waals surface area contributed by atoms with Gasteiger partial charge in [-0.3, -0.25) is 0 Å². The average molecular weight is 188 g/mol. The van der Waals surface area contributed by atoms with Crippen LogP contribution in [-0.4, -0.2) is 9.55 Å². The van der Waals surface area contributed by atoms with Crippen LogP contribution in [0.15, 0.2) is 42.9 Å². The quantitative estimate of drug-likeness (QED) is 0.736. The van der Waals surface area contributed by atoms with Crippen molar-refractivity contribution in [1.82, 2.24) is 9.55 Å². The van der Waals surface area contributed by atoms with Gasteiger partial charge in [-0.05, 0) is 12.1 Å². The molecule has 0 saturated carbocycles. The van der Waals surface area contributed by atoms with Crippen LogP contribution in [0.3, 0.4) is 0 Å². The highest BCUT2D eigenvalue weighted by atomic mass is 16.5. The summed E-state index contributed by atoms with van der Waals surface area (Å²) in [6.07, 6.45) is 3.71. The van der Waals surface area contributed by atoms with Gasteiger partial charge in [-0.15, -0.1) is 0 Å². The van der Waals surface area contributed by atoms with E-state index in [0.717, 1.165) is 11.4 Å². The van der Waals surface area contributed by atoms with Crippen molar-refractivity contribution in [2.24, 2.45) is 7.05 Å². The molecule has 0 unspecified atom stereocenters. The molecule has 0 bridgehead atoms. The second-order valence-corrected chi connectivity index (χ2v) is 3.13. The van der Waals surface area contributed by atoms with Gasteiger partial charge in [0.05, 0.1) is 12.0 Å². The van der Waals surface area contributed by atoms with Crippen molar-refractivity contribution >= 4 is 0 Å². The van der Waals surface area contributed by atoms with Crippen LogP contribution in [-0.2, 0) is 13.7 Å². The van der Waals surface area contributed by atoms with Crippen molar-refractivity contribution in [3.8, 4) is 5.75 Å². The first-order chi connectivity index (χ1) is 6.84. The second kappa shape index (κ2) is 3.96. The highest BCUT2D eigenvalue weighted by Gasteiger charge is 1.97. The number of aromatic nitrogens is 2. The average Bonchev–Trinajstić information content (AvgIpc) is 2.63. The van der Waals surface area contributed by atoms with Crippen LogP contribution >= 0.6 is 0 Å². The van der Waals surface area contributed by atoms with Crippen LogP contribution in [0.5, 0.6) is 5.75 Å². The monoisotopic (exact) mass is 188 g/mol. The van der Waals surface area contributed by atoms with Crippen LogP contribution in [0.1, 0.15) is 5.69 Å². The molecule has 1 heterocycles. The van der Waals surface area contributed by atoms with Gasteiger partial charge in [0.25, 0.3) is 0 Å². The Balaban J connectivity index is 1.95. The van der Waals surface area contributed by atoms with Gasteiger partial charge in [0.15, 0.2) is 0 Å². The second-order valence-electron chi connectivity index (χ2n) is 3.13. The molecule has 0 aliphatic heterocycles. The van der Waals surface area contributed by atoms with Gasteiger partial charge in [0.1, 0.15) is 12.4 Å².